The number of benzene rings is 1. The van der Waals surface area contributed by atoms with Crippen molar-refractivity contribution >= 4 is 22.3 Å². The maximum Gasteiger partial charge on any atom is 0.573 e. The van der Waals surface area contributed by atoms with Gasteiger partial charge in [0, 0.05) is 35.8 Å². The molecule has 0 aliphatic carbocycles. The second-order valence-electron chi connectivity index (χ2n) is 11.2. The monoisotopic (exact) mass is 565 g/mol. The Labute approximate surface area is 226 Å². The summed E-state index contributed by atoms with van der Waals surface area (Å²) < 4.78 is 81.5. The maximum atomic E-state index is 16.6. The van der Waals surface area contributed by atoms with Crippen LogP contribution in [0.3, 0.4) is 0 Å². The lowest BCUT2D eigenvalue weighted by Gasteiger charge is -2.43. The molecule has 2 bridgehead atoms. The molecule has 8 nitrogen and oxygen atoms in total. The average Bonchev–Trinajstić information content (AvgIpc) is 3.15. The molecule has 0 unspecified atom stereocenters. The lowest BCUT2D eigenvalue weighted by molar-refractivity contribution is -0.275. The third-order valence-corrected chi connectivity index (χ3v) is 7.91. The van der Waals surface area contributed by atoms with Crippen LogP contribution in [0.15, 0.2) is 12.1 Å². The van der Waals surface area contributed by atoms with Gasteiger partial charge in [-0.05, 0) is 52.2 Å². The van der Waals surface area contributed by atoms with Crippen LogP contribution in [0.5, 0.6) is 11.6 Å². The number of halogens is 5. The first-order valence-corrected chi connectivity index (χ1v) is 12.9. The molecule has 3 aromatic rings. The summed E-state index contributed by atoms with van der Waals surface area (Å²) in [5.41, 5.74) is 3.15. The van der Waals surface area contributed by atoms with E-state index in [0.717, 1.165) is 18.9 Å². The molecule has 4 atom stereocenters. The first-order valence-electron chi connectivity index (χ1n) is 12.9. The fraction of sp³-hybridized carbons (Fsp3) is 0.481. The number of rotatable bonds is 3. The number of ether oxygens (including phenoxy) is 2. The van der Waals surface area contributed by atoms with Gasteiger partial charge < -0.3 is 30.5 Å². The molecule has 40 heavy (non-hydrogen) atoms. The predicted octanol–water partition coefficient (Wildman–Crippen LogP) is 4.68. The van der Waals surface area contributed by atoms with E-state index in [1.165, 1.54) is 13.8 Å². The predicted molar refractivity (Wildman–Crippen MR) is 137 cm³/mol. The van der Waals surface area contributed by atoms with Crippen molar-refractivity contribution < 1.29 is 36.5 Å². The minimum atomic E-state index is -5.27. The Morgan fingerprint density at radius 1 is 1.15 bits per heavy atom. The summed E-state index contributed by atoms with van der Waals surface area (Å²) >= 11 is 0. The van der Waals surface area contributed by atoms with Crippen LogP contribution < -0.4 is 25.4 Å². The molecule has 3 aliphatic rings. The molecule has 2 fully saturated rings. The zero-order chi connectivity index (χ0) is 28.9. The van der Waals surface area contributed by atoms with Crippen LogP contribution in [-0.4, -0.2) is 52.2 Å². The van der Waals surface area contributed by atoms with Gasteiger partial charge in [-0.25, -0.2) is 18.7 Å². The van der Waals surface area contributed by atoms with Crippen LogP contribution in [0, 0.1) is 18.6 Å². The summed E-state index contributed by atoms with van der Waals surface area (Å²) in [6, 6.07) is 1.62. The van der Waals surface area contributed by atoms with E-state index in [2.05, 4.69) is 19.9 Å². The highest BCUT2D eigenvalue weighted by molar-refractivity contribution is 6.02. The van der Waals surface area contributed by atoms with Gasteiger partial charge in [0.2, 0.25) is 5.88 Å². The Hall–Kier alpha value is -3.45. The Morgan fingerprint density at radius 2 is 1.88 bits per heavy atom. The zero-order valence-corrected chi connectivity index (χ0v) is 22.2. The van der Waals surface area contributed by atoms with E-state index in [0.29, 0.717) is 18.4 Å². The Morgan fingerprint density at radius 3 is 2.55 bits per heavy atom. The molecular formula is C27H28F5N5O3. The van der Waals surface area contributed by atoms with Crippen molar-refractivity contribution in [3.8, 4) is 22.9 Å². The Bertz CT molecular complexity index is 1540. The highest BCUT2D eigenvalue weighted by Gasteiger charge is 2.47. The highest BCUT2D eigenvalue weighted by atomic mass is 19.4. The van der Waals surface area contributed by atoms with Crippen molar-refractivity contribution in [2.24, 2.45) is 0 Å². The highest BCUT2D eigenvalue weighted by Crippen LogP contribution is 2.48. The summed E-state index contributed by atoms with van der Waals surface area (Å²) in [5.74, 6) is -3.45. The van der Waals surface area contributed by atoms with Crippen molar-refractivity contribution in [3.05, 3.63) is 35.0 Å². The SMILES string of the molecule is Cc1c(C(C)(C)O)nc2c3c(nc(-c4cc(N)cc(F)c4OC(F)(F)F)c(F)c13)O[C@@H](C)[C@@H]1[C@@H]3CC[C@H](CN21)N3. The number of nitrogens with two attached hydrogens (primary N) is 1. The van der Waals surface area contributed by atoms with Crippen LogP contribution in [-0.2, 0) is 5.60 Å². The molecular weight excluding hydrogens is 537 g/mol. The minimum Gasteiger partial charge on any atom is -0.472 e. The van der Waals surface area contributed by atoms with Crippen molar-refractivity contribution in [1.82, 2.24) is 15.3 Å². The molecule has 0 amide bonds. The van der Waals surface area contributed by atoms with Crippen LogP contribution in [0.25, 0.3) is 22.0 Å². The summed E-state index contributed by atoms with van der Waals surface area (Å²) in [5, 5.41) is 14.8. The number of pyridine rings is 2. The van der Waals surface area contributed by atoms with Crippen LogP contribution >= 0.6 is 0 Å². The number of anilines is 2. The molecule has 0 saturated carbocycles. The van der Waals surface area contributed by atoms with Crippen LogP contribution in [0.2, 0.25) is 0 Å². The Balaban J connectivity index is 1.70. The second kappa shape index (κ2) is 8.77. The third kappa shape index (κ3) is 4.17. The average molecular weight is 566 g/mol. The fourth-order valence-electron chi connectivity index (χ4n) is 6.44. The first kappa shape index (κ1) is 26.8. The third-order valence-electron chi connectivity index (χ3n) is 7.91. The van der Waals surface area contributed by atoms with Crippen molar-refractivity contribution in [3.63, 3.8) is 0 Å². The summed E-state index contributed by atoms with van der Waals surface area (Å²) in [6.45, 7) is 6.97. The number of hydrogen-bond acceptors (Lipinski definition) is 8. The summed E-state index contributed by atoms with van der Waals surface area (Å²) in [7, 11) is 0. The van der Waals surface area contributed by atoms with Crippen LogP contribution in [0.4, 0.5) is 33.5 Å². The van der Waals surface area contributed by atoms with Gasteiger partial charge >= 0.3 is 6.36 Å². The van der Waals surface area contributed by atoms with E-state index in [1.807, 2.05) is 6.92 Å². The second-order valence-corrected chi connectivity index (χ2v) is 11.2. The van der Waals surface area contributed by atoms with Crippen molar-refractivity contribution in [1.29, 1.82) is 0 Å². The molecule has 3 aliphatic heterocycles. The number of fused-ring (bicyclic) bond motifs is 5. The quantitative estimate of drug-likeness (QED) is 0.311. The largest absolute Gasteiger partial charge is 0.573 e. The topological polar surface area (TPSA) is 106 Å². The van der Waals surface area contributed by atoms with Gasteiger partial charge in [-0.15, -0.1) is 13.2 Å². The van der Waals surface area contributed by atoms with E-state index in [-0.39, 0.29) is 51.7 Å². The number of hydrogen-bond donors (Lipinski definition) is 3. The fourth-order valence-corrected chi connectivity index (χ4v) is 6.44. The number of piperazine rings is 1. The van der Waals surface area contributed by atoms with Gasteiger partial charge in [0.05, 0.1) is 22.7 Å². The number of aromatic nitrogens is 2. The molecule has 4 N–H and O–H groups in total. The molecule has 5 heterocycles. The van der Waals surface area contributed by atoms with Gasteiger partial charge in [0.1, 0.15) is 23.2 Å². The lowest BCUT2D eigenvalue weighted by atomic mass is 9.93. The van der Waals surface area contributed by atoms with Gasteiger partial charge in [-0.2, -0.15) is 0 Å². The molecule has 0 spiro atoms. The van der Waals surface area contributed by atoms with Crippen molar-refractivity contribution in [2.45, 2.75) is 76.7 Å². The first-order chi connectivity index (χ1) is 18.6. The van der Waals surface area contributed by atoms with Gasteiger partial charge in [-0.1, -0.05) is 0 Å². The number of aryl methyl sites for hydroxylation is 1. The van der Waals surface area contributed by atoms with E-state index in [1.54, 1.807) is 6.92 Å². The normalized spacial score (nSPS) is 24.1. The maximum absolute atomic E-state index is 16.6. The van der Waals surface area contributed by atoms with E-state index >= 15 is 4.39 Å². The molecule has 2 saturated heterocycles. The molecule has 2 aromatic heterocycles. The summed E-state index contributed by atoms with van der Waals surface area (Å²) in [4.78, 5) is 11.2. The van der Waals surface area contributed by atoms with E-state index < -0.39 is 46.7 Å². The minimum absolute atomic E-state index is 0.0472. The number of nitrogen functional groups attached to an aromatic ring is 1. The molecule has 13 heteroatoms. The summed E-state index contributed by atoms with van der Waals surface area (Å²) in [6.07, 6.45) is -3.93. The van der Waals surface area contributed by atoms with E-state index in [9.17, 15) is 22.7 Å². The van der Waals surface area contributed by atoms with Gasteiger partial charge in [0.25, 0.3) is 0 Å². The molecule has 1 aromatic carbocycles. The number of nitrogens with one attached hydrogen (secondary N) is 1. The number of nitrogens with zero attached hydrogens (tertiary/aromatic N) is 3. The van der Waals surface area contributed by atoms with Crippen LogP contribution in [0.1, 0.15) is 44.9 Å². The molecule has 214 valence electrons. The molecule has 6 rings (SSSR count). The number of alkyl halides is 3. The lowest BCUT2D eigenvalue weighted by Crippen LogP contribution is -2.62. The molecule has 0 radical (unpaired) electrons. The van der Waals surface area contributed by atoms with Gasteiger partial charge in [0.15, 0.2) is 17.4 Å². The Kier molecular flexibility index (Phi) is 5.87. The van der Waals surface area contributed by atoms with Crippen molar-refractivity contribution in [2.75, 3.05) is 17.2 Å². The number of aliphatic hydroxyl groups is 1. The smallest absolute Gasteiger partial charge is 0.472 e. The standard InChI is InChI=1S/C27H28F5N5O3/c1-10-17-18-24(36-23(10)26(3,4)38)37-9-13-5-6-16(34-13)21(37)11(2)39-25(18)35-20(19(17)29)14-7-12(33)8-15(28)22(14)40-27(30,31)32/h7-8,11,13,16,21,34,38H,5-6,9,33H2,1-4H3/t11-,13+,16-,21+/m0/s1. The van der Waals surface area contributed by atoms with Gasteiger partial charge in [-0.3, -0.25) is 0 Å². The zero-order valence-electron chi connectivity index (χ0n) is 22.2. The van der Waals surface area contributed by atoms with E-state index in [4.69, 9.17) is 15.5 Å².